The van der Waals surface area contributed by atoms with Crippen LogP contribution in [0.1, 0.15) is 0 Å². The molecule has 2 unspecified atom stereocenters. The van der Waals surface area contributed by atoms with Crippen LogP contribution in [0.5, 0.6) is 11.5 Å². The van der Waals surface area contributed by atoms with E-state index in [1.54, 1.807) is 0 Å². The molecule has 0 radical (unpaired) electrons. The molecule has 2 atom stereocenters. The lowest BCUT2D eigenvalue weighted by atomic mass is 9.92. The van der Waals surface area contributed by atoms with Gasteiger partial charge in [0.2, 0.25) is 0 Å². The number of hydrogen-bond acceptors (Lipinski definition) is 10. The van der Waals surface area contributed by atoms with Gasteiger partial charge in [-0.1, -0.05) is 60.7 Å². The summed E-state index contributed by atoms with van der Waals surface area (Å²) in [6, 6.07) is 24.0. The first-order valence-corrected chi connectivity index (χ1v) is 20.3. The number of ether oxygens (including phenoxy) is 3. The van der Waals surface area contributed by atoms with Crippen LogP contribution in [0, 0.1) is 0 Å². The molecule has 226 valence electrons. The van der Waals surface area contributed by atoms with Crippen LogP contribution in [0.4, 0.5) is 0 Å². The smallest absolute Gasteiger partial charge is 0.401 e. The van der Waals surface area contributed by atoms with Crippen molar-refractivity contribution < 1.29 is 32.3 Å². The molecule has 0 saturated carbocycles. The van der Waals surface area contributed by atoms with E-state index in [4.69, 9.17) is 59.3 Å². The molecular weight excluding hydrogens is 654 g/mol. The molecule has 4 aromatic carbocycles. The molecule has 0 aromatic heterocycles. The van der Waals surface area contributed by atoms with E-state index >= 15 is 0 Å². The predicted octanol–water partition coefficient (Wildman–Crippen LogP) is 9.86. The van der Waals surface area contributed by atoms with E-state index in [1.165, 1.54) is 0 Å². The third-order valence-corrected chi connectivity index (χ3v) is 16.5. The van der Waals surface area contributed by atoms with Gasteiger partial charge in [0.1, 0.15) is 11.5 Å². The van der Waals surface area contributed by atoms with Gasteiger partial charge in [-0.15, -0.1) is 4.52 Å². The number of nitrogens with zero attached hydrogens (tertiary/aromatic N) is 3. The zero-order valence-corrected chi connectivity index (χ0v) is 27.1. The van der Waals surface area contributed by atoms with Crippen molar-refractivity contribution in [2.24, 2.45) is 13.5 Å². The lowest BCUT2D eigenvalue weighted by Crippen LogP contribution is -2.14. The first kappa shape index (κ1) is 29.8. The SMILES string of the molecule is ClP1(Cl)=NP23=NP(=N1)(OCCOCCOCCOCCO2)Oc1ccc2ccccc2c1-c1c(ccc2ccccc12)O3. The van der Waals surface area contributed by atoms with Crippen LogP contribution in [0.25, 0.3) is 32.7 Å². The van der Waals surface area contributed by atoms with Crippen LogP contribution >= 0.6 is 43.7 Å². The van der Waals surface area contributed by atoms with Crippen molar-refractivity contribution in [3.63, 3.8) is 0 Å². The van der Waals surface area contributed by atoms with Crippen molar-refractivity contribution in [2.45, 2.75) is 0 Å². The summed E-state index contributed by atoms with van der Waals surface area (Å²) in [5.74, 6) is -2.43. The second-order valence-electron chi connectivity index (χ2n) is 9.71. The highest BCUT2D eigenvalue weighted by molar-refractivity contribution is 8.13. The van der Waals surface area contributed by atoms with Crippen LogP contribution in [0.2, 0.25) is 0 Å². The summed E-state index contributed by atoms with van der Waals surface area (Å²) in [7, 11) is -7.25. The summed E-state index contributed by atoms with van der Waals surface area (Å²) in [5.41, 5.74) is 1.61. The van der Waals surface area contributed by atoms with Gasteiger partial charge in [-0.2, -0.15) is 9.03 Å². The monoisotopic (exact) mass is 681 g/mol. The van der Waals surface area contributed by atoms with Gasteiger partial charge in [0.25, 0.3) is 5.91 Å². The van der Waals surface area contributed by atoms with Gasteiger partial charge in [-0.3, -0.25) is 9.05 Å². The van der Waals surface area contributed by atoms with Crippen LogP contribution in [0.15, 0.2) is 86.3 Å². The lowest BCUT2D eigenvalue weighted by Gasteiger charge is -2.29. The Labute approximate surface area is 258 Å². The number of rotatable bonds is 0. The molecule has 0 N–H and O–H groups in total. The first-order chi connectivity index (χ1) is 21.0. The van der Waals surface area contributed by atoms with Gasteiger partial charge in [-0.25, -0.2) is 0 Å². The summed E-state index contributed by atoms with van der Waals surface area (Å²) < 4.78 is 57.6. The van der Waals surface area contributed by atoms with Gasteiger partial charge >= 0.3 is 15.3 Å². The van der Waals surface area contributed by atoms with E-state index in [0.717, 1.165) is 32.7 Å². The molecule has 0 aliphatic carbocycles. The molecule has 3 aliphatic heterocycles. The Morgan fingerprint density at radius 2 is 0.930 bits per heavy atom. The third kappa shape index (κ3) is 6.29. The zero-order valence-electron chi connectivity index (χ0n) is 22.9. The molecule has 3 heterocycles. The maximum atomic E-state index is 6.83. The van der Waals surface area contributed by atoms with Gasteiger partial charge in [0, 0.05) is 11.1 Å². The molecule has 15 heteroatoms. The Kier molecular flexibility index (Phi) is 8.62. The Morgan fingerprint density at radius 1 is 0.488 bits per heavy atom. The van der Waals surface area contributed by atoms with Crippen LogP contribution < -0.4 is 9.05 Å². The minimum absolute atomic E-state index is 0.108. The number of hydrogen-bond donors (Lipinski definition) is 0. The number of fused-ring (bicyclic) bond motifs is 7. The van der Waals surface area contributed by atoms with Crippen molar-refractivity contribution >= 4 is 65.3 Å². The van der Waals surface area contributed by atoms with E-state index in [2.05, 4.69) is 21.2 Å². The summed E-state index contributed by atoms with van der Waals surface area (Å²) in [5, 5.41) is 3.95. The van der Waals surface area contributed by atoms with Crippen molar-refractivity contribution in [1.82, 2.24) is 0 Å². The van der Waals surface area contributed by atoms with Crippen molar-refractivity contribution in [3.05, 3.63) is 72.8 Å². The maximum Gasteiger partial charge on any atom is 0.401 e. The van der Waals surface area contributed by atoms with Crippen LogP contribution in [0.3, 0.4) is 0 Å². The standard InChI is InChI=1S/C28H28Cl2N3O7P3/c29-41(30)31-42-33-43(32-41,38-20-18-36-16-14-34-13-15-35-17-19-37-42)40-26-12-10-22-6-2-4-8-24(22)28(26)27-23-7-3-1-5-21(23)9-11-25(27)39-42/h1-12H,13-20H2. The van der Waals surface area contributed by atoms with Crippen molar-refractivity contribution in [3.8, 4) is 22.6 Å². The molecule has 0 amide bonds. The fraction of sp³-hybridized carbons (Fsp3) is 0.286. The first-order valence-electron chi connectivity index (χ1n) is 13.7. The highest BCUT2D eigenvalue weighted by Crippen LogP contribution is 2.83. The average molecular weight is 682 g/mol. The normalized spacial score (nSPS) is 26.0. The van der Waals surface area contributed by atoms with Crippen molar-refractivity contribution in [2.75, 3.05) is 52.9 Å². The number of benzene rings is 4. The summed E-state index contributed by atoms with van der Waals surface area (Å²) in [4.78, 5) is 0. The molecule has 3 aliphatic rings. The van der Waals surface area contributed by atoms with E-state index in [1.807, 2.05) is 60.7 Å². The van der Waals surface area contributed by atoms with Crippen molar-refractivity contribution in [1.29, 1.82) is 0 Å². The summed E-state index contributed by atoms with van der Waals surface area (Å²) >= 11 is 13.7. The summed E-state index contributed by atoms with van der Waals surface area (Å²) in [6.45, 7) is 2.34. The van der Waals surface area contributed by atoms with Gasteiger partial charge in [0.05, 0.1) is 52.9 Å². The fourth-order valence-electron chi connectivity index (χ4n) is 5.10. The maximum absolute atomic E-state index is 6.83. The molecule has 2 bridgehead atoms. The van der Waals surface area contributed by atoms with Crippen LogP contribution in [-0.2, 0) is 23.3 Å². The minimum atomic E-state index is -3.63. The van der Waals surface area contributed by atoms with E-state index in [0.29, 0.717) is 37.9 Å². The minimum Gasteiger partial charge on any atom is -0.421 e. The van der Waals surface area contributed by atoms with E-state index < -0.39 is 21.2 Å². The van der Waals surface area contributed by atoms with E-state index in [-0.39, 0.29) is 26.4 Å². The second kappa shape index (κ2) is 12.5. The quantitative estimate of drug-likeness (QED) is 0.170. The van der Waals surface area contributed by atoms with E-state index in [9.17, 15) is 0 Å². The van der Waals surface area contributed by atoms with Gasteiger partial charge < -0.3 is 23.3 Å². The Balaban J connectivity index is 1.50. The molecule has 7 rings (SSSR count). The molecule has 4 aromatic rings. The van der Waals surface area contributed by atoms with Gasteiger partial charge in [-0.05, 0) is 56.2 Å². The largest absolute Gasteiger partial charge is 0.421 e. The zero-order chi connectivity index (χ0) is 29.3. The Hall–Kier alpha value is -1.93. The van der Waals surface area contributed by atoms with Crippen LogP contribution in [-0.4, -0.2) is 52.9 Å². The second-order valence-corrected chi connectivity index (χ2v) is 19.0. The topological polar surface area (TPSA) is 102 Å². The molecule has 10 nitrogen and oxygen atoms in total. The summed E-state index contributed by atoms with van der Waals surface area (Å²) in [6.07, 6.45) is 0. The number of halogens is 2. The lowest BCUT2D eigenvalue weighted by molar-refractivity contribution is 0.00461. The molecular formula is C28H28Cl2N3O7P3. The Morgan fingerprint density at radius 3 is 1.44 bits per heavy atom. The molecule has 0 spiro atoms. The average Bonchev–Trinajstić information content (AvgIpc) is 3.02. The fourth-order valence-corrected chi connectivity index (χ4v) is 15.8. The molecule has 43 heavy (non-hydrogen) atoms. The predicted molar refractivity (Wildman–Crippen MR) is 172 cm³/mol. The Bertz CT molecular complexity index is 1840. The molecule has 0 saturated heterocycles. The highest BCUT2D eigenvalue weighted by Gasteiger charge is 2.44. The third-order valence-electron chi connectivity index (χ3n) is 6.85. The molecule has 0 fully saturated rings. The van der Waals surface area contributed by atoms with Gasteiger partial charge in [0.15, 0.2) is 0 Å². The highest BCUT2D eigenvalue weighted by atomic mass is 35.9.